The summed E-state index contributed by atoms with van der Waals surface area (Å²) in [5.74, 6) is -1.09. The lowest BCUT2D eigenvalue weighted by Gasteiger charge is -2.29. The van der Waals surface area contributed by atoms with Gasteiger partial charge in [-0.3, -0.25) is 19.8 Å². The van der Waals surface area contributed by atoms with E-state index < -0.39 is 11.8 Å². The Morgan fingerprint density at radius 3 is 2.58 bits per heavy atom. The van der Waals surface area contributed by atoms with E-state index in [0.29, 0.717) is 23.3 Å². The predicted molar refractivity (Wildman–Crippen MR) is 144 cm³/mol. The SMILES string of the molecule is C=CCc1cc(/C=C2\C(=O)NC(=S)N(c3cccc(Cl)c3Cl)C2=O)ccc1OCc1ccccc1F. The highest BCUT2D eigenvalue weighted by atomic mass is 35.5. The fourth-order valence-corrected chi connectivity index (χ4v) is 4.28. The summed E-state index contributed by atoms with van der Waals surface area (Å²) < 4.78 is 19.8. The first kappa shape index (κ1) is 25.6. The average molecular weight is 541 g/mol. The third-order valence-corrected chi connectivity index (χ3v) is 6.47. The summed E-state index contributed by atoms with van der Waals surface area (Å²) in [6.45, 7) is 3.82. The van der Waals surface area contributed by atoms with Crippen LogP contribution in [0, 0.1) is 5.82 Å². The zero-order chi connectivity index (χ0) is 25.8. The van der Waals surface area contributed by atoms with Gasteiger partial charge in [-0.1, -0.05) is 59.6 Å². The first-order valence-corrected chi connectivity index (χ1v) is 11.9. The lowest BCUT2D eigenvalue weighted by molar-refractivity contribution is -0.122. The number of halogens is 3. The third kappa shape index (κ3) is 5.33. The van der Waals surface area contributed by atoms with Crippen LogP contribution in [-0.2, 0) is 22.6 Å². The van der Waals surface area contributed by atoms with Gasteiger partial charge in [0.1, 0.15) is 23.7 Å². The molecule has 0 unspecified atom stereocenters. The Hall–Kier alpha value is -3.52. The van der Waals surface area contributed by atoms with E-state index in [1.165, 1.54) is 12.1 Å². The lowest BCUT2D eigenvalue weighted by atomic mass is 10.0. The van der Waals surface area contributed by atoms with E-state index in [4.69, 9.17) is 40.2 Å². The van der Waals surface area contributed by atoms with Crippen LogP contribution in [0.5, 0.6) is 5.75 Å². The summed E-state index contributed by atoms with van der Waals surface area (Å²) in [5, 5.41) is 2.80. The standard InChI is InChI=1S/C27H19Cl2FN2O3S/c1-2-6-17-13-16(11-12-23(17)35-15-18-7-3-4-9-21(18)30)14-19-25(33)31-27(36)32(26(19)34)22-10-5-8-20(28)24(22)29/h2-5,7-14H,1,6,15H2,(H,31,33,36)/b19-14+. The molecule has 0 aliphatic carbocycles. The van der Waals surface area contributed by atoms with Crippen LogP contribution in [-0.4, -0.2) is 16.9 Å². The molecular formula is C27H19Cl2FN2O3S. The molecule has 0 spiro atoms. The molecule has 1 fully saturated rings. The molecule has 4 rings (SSSR count). The maximum atomic E-state index is 14.0. The van der Waals surface area contributed by atoms with Crippen molar-refractivity contribution < 1.29 is 18.7 Å². The number of benzene rings is 3. The minimum absolute atomic E-state index is 0.0466. The molecule has 2 amide bonds. The normalized spacial score (nSPS) is 14.7. The quantitative estimate of drug-likeness (QED) is 0.166. The Labute approximate surface area is 222 Å². The van der Waals surface area contributed by atoms with Crippen molar-refractivity contribution in [1.29, 1.82) is 0 Å². The van der Waals surface area contributed by atoms with E-state index in [9.17, 15) is 14.0 Å². The molecule has 0 bridgehead atoms. The van der Waals surface area contributed by atoms with Crippen LogP contribution in [0.15, 0.2) is 78.9 Å². The van der Waals surface area contributed by atoms with E-state index in [2.05, 4.69) is 11.9 Å². The second kappa shape index (κ2) is 11.0. The van der Waals surface area contributed by atoms with Crippen molar-refractivity contribution in [1.82, 2.24) is 5.32 Å². The van der Waals surface area contributed by atoms with Crippen LogP contribution in [0.2, 0.25) is 10.0 Å². The molecule has 0 aromatic heterocycles. The maximum absolute atomic E-state index is 14.0. The number of anilines is 1. The van der Waals surface area contributed by atoms with Crippen molar-refractivity contribution in [3.05, 3.63) is 111 Å². The number of carbonyl (C=O) groups excluding carboxylic acids is 2. The van der Waals surface area contributed by atoms with Crippen LogP contribution in [0.3, 0.4) is 0 Å². The molecule has 0 radical (unpaired) electrons. The molecule has 9 heteroatoms. The number of rotatable bonds is 7. The summed E-state index contributed by atoms with van der Waals surface area (Å²) in [6.07, 6.45) is 3.61. The summed E-state index contributed by atoms with van der Waals surface area (Å²) in [5.41, 5.74) is 1.88. The van der Waals surface area contributed by atoms with Gasteiger partial charge in [-0.15, -0.1) is 6.58 Å². The summed E-state index contributed by atoms with van der Waals surface area (Å²) >= 11 is 17.6. The number of ether oxygens (including phenoxy) is 1. The van der Waals surface area contributed by atoms with Gasteiger partial charge in [-0.2, -0.15) is 0 Å². The van der Waals surface area contributed by atoms with Crippen LogP contribution >= 0.6 is 35.4 Å². The topological polar surface area (TPSA) is 58.6 Å². The maximum Gasteiger partial charge on any atom is 0.270 e. The minimum Gasteiger partial charge on any atom is -0.489 e. The van der Waals surface area contributed by atoms with E-state index in [-0.39, 0.29) is 38.8 Å². The van der Waals surface area contributed by atoms with Gasteiger partial charge in [0.15, 0.2) is 5.11 Å². The molecule has 0 atom stereocenters. The molecular weight excluding hydrogens is 522 g/mol. The molecule has 5 nitrogen and oxygen atoms in total. The van der Waals surface area contributed by atoms with Gasteiger partial charge >= 0.3 is 0 Å². The van der Waals surface area contributed by atoms with Gasteiger partial charge < -0.3 is 4.74 Å². The Bertz CT molecular complexity index is 1420. The summed E-state index contributed by atoms with van der Waals surface area (Å²) in [7, 11) is 0. The number of carbonyl (C=O) groups is 2. The molecule has 1 saturated heterocycles. The molecule has 3 aromatic carbocycles. The highest BCUT2D eigenvalue weighted by molar-refractivity contribution is 7.80. The van der Waals surface area contributed by atoms with Crippen LogP contribution in [0.4, 0.5) is 10.1 Å². The molecule has 182 valence electrons. The molecule has 1 N–H and O–H groups in total. The number of nitrogens with one attached hydrogen (secondary N) is 1. The number of hydrogen-bond acceptors (Lipinski definition) is 4. The van der Waals surface area contributed by atoms with Gasteiger partial charge in [0.2, 0.25) is 0 Å². The van der Waals surface area contributed by atoms with Gasteiger partial charge in [-0.05, 0) is 66.2 Å². The molecule has 1 aliphatic heterocycles. The van der Waals surface area contributed by atoms with Gasteiger partial charge in [0.25, 0.3) is 11.8 Å². The number of hydrogen-bond donors (Lipinski definition) is 1. The summed E-state index contributed by atoms with van der Waals surface area (Å²) in [4.78, 5) is 27.1. The molecule has 1 aliphatic rings. The van der Waals surface area contributed by atoms with Crippen molar-refractivity contribution >= 4 is 64.1 Å². The molecule has 36 heavy (non-hydrogen) atoms. The Morgan fingerprint density at radius 2 is 1.83 bits per heavy atom. The highest BCUT2D eigenvalue weighted by Crippen LogP contribution is 2.34. The van der Waals surface area contributed by atoms with Crippen molar-refractivity contribution in [3.63, 3.8) is 0 Å². The first-order chi connectivity index (χ1) is 17.3. The highest BCUT2D eigenvalue weighted by Gasteiger charge is 2.35. The number of amides is 2. The lowest BCUT2D eigenvalue weighted by Crippen LogP contribution is -2.54. The minimum atomic E-state index is -0.641. The zero-order valence-electron chi connectivity index (χ0n) is 18.8. The van der Waals surface area contributed by atoms with E-state index in [1.54, 1.807) is 60.7 Å². The van der Waals surface area contributed by atoms with Crippen LogP contribution < -0.4 is 15.0 Å². The van der Waals surface area contributed by atoms with Crippen LogP contribution in [0.25, 0.3) is 6.08 Å². The second-order valence-corrected chi connectivity index (χ2v) is 8.94. The van der Waals surface area contributed by atoms with Gasteiger partial charge in [-0.25, -0.2) is 4.39 Å². The summed E-state index contributed by atoms with van der Waals surface area (Å²) in [6, 6.07) is 16.3. The Balaban J connectivity index is 1.65. The fourth-order valence-electron chi connectivity index (χ4n) is 3.62. The number of nitrogens with zero attached hydrogens (tertiary/aromatic N) is 1. The second-order valence-electron chi connectivity index (χ2n) is 7.77. The van der Waals surface area contributed by atoms with Crippen LogP contribution in [0.1, 0.15) is 16.7 Å². The third-order valence-electron chi connectivity index (χ3n) is 5.37. The van der Waals surface area contributed by atoms with Crippen molar-refractivity contribution in [2.24, 2.45) is 0 Å². The van der Waals surface area contributed by atoms with Crippen molar-refractivity contribution in [2.75, 3.05) is 4.90 Å². The molecule has 1 heterocycles. The van der Waals surface area contributed by atoms with E-state index in [1.807, 2.05) is 0 Å². The Morgan fingerprint density at radius 1 is 1.06 bits per heavy atom. The fraction of sp³-hybridized carbons (Fsp3) is 0.0741. The molecule has 3 aromatic rings. The predicted octanol–water partition coefficient (Wildman–Crippen LogP) is 6.27. The first-order valence-electron chi connectivity index (χ1n) is 10.8. The smallest absolute Gasteiger partial charge is 0.270 e. The Kier molecular flexibility index (Phi) is 7.84. The van der Waals surface area contributed by atoms with E-state index >= 15 is 0 Å². The number of thiocarbonyl (C=S) groups is 1. The van der Waals surface area contributed by atoms with Gasteiger partial charge in [0, 0.05) is 5.56 Å². The largest absolute Gasteiger partial charge is 0.489 e. The van der Waals surface area contributed by atoms with E-state index in [0.717, 1.165) is 10.5 Å². The van der Waals surface area contributed by atoms with Crippen molar-refractivity contribution in [2.45, 2.75) is 13.0 Å². The average Bonchev–Trinajstić information content (AvgIpc) is 2.85. The monoisotopic (exact) mass is 540 g/mol. The zero-order valence-corrected chi connectivity index (χ0v) is 21.1. The number of allylic oxidation sites excluding steroid dienone is 1. The molecule has 0 saturated carbocycles. The van der Waals surface area contributed by atoms with Gasteiger partial charge in [0.05, 0.1) is 15.7 Å². The van der Waals surface area contributed by atoms with Crippen molar-refractivity contribution in [3.8, 4) is 5.75 Å².